The maximum absolute atomic E-state index is 13.5. The molecule has 0 unspecified atom stereocenters. The van der Waals surface area contributed by atoms with E-state index in [0.29, 0.717) is 6.07 Å². The van der Waals surface area contributed by atoms with Gasteiger partial charge in [-0.3, -0.25) is 4.79 Å². The third-order valence-corrected chi connectivity index (χ3v) is 3.15. The van der Waals surface area contributed by atoms with Crippen LogP contribution in [0.15, 0.2) is 36.4 Å². The molecule has 6 nitrogen and oxygen atoms in total. The number of esters is 1. The number of benzene rings is 2. The molecular formula is C17H15F2NO5. The number of carbonyl (C=O) groups excluding carboxylic acids is 2. The Labute approximate surface area is 142 Å². The van der Waals surface area contributed by atoms with Crippen molar-refractivity contribution >= 4 is 17.6 Å². The lowest BCUT2D eigenvalue weighted by Crippen LogP contribution is -2.21. The first-order valence-corrected chi connectivity index (χ1v) is 7.08. The average molecular weight is 351 g/mol. The highest BCUT2D eigenvalue weighted by molar-refractivity contribution is 5.92. The normalized spacial score (nSPS) is 10.1. The largest absolute Gasteiger partial charge is 0.493 e. The summed E-state index contributed by atoms with van der Waals surface area (Å²) in [5.74, 6) is -2.40. The summed E-state index contributed by atoms with van der Waals surface area (Å²) in [5, 5.41) is 2.26. The number of ether oxygens (including phenoxy) is 3. The second-order valence-electron chi connectivity index (χ2n) is 4.82. The summed E-state index contributed by atoms with van der Waals surface area (Å²) in [6.07, 6.45) is 0. The summed E-state index contributed by atoms with van der Waals surface area (Å²) in [5.41, 5.74) is 0.0903. The predicted molar refractivity (Wildman–Crippen MR) is 84.8 cm³/mol. The molecule has 0 heterocycles. The molecule has 2 aromatic rings. The second kappa shape index (κ2) is 8.09. The van der Waals surface area contributed by atoms with E-state index in [2.05, 4.69) is 10.1 Å². The maximum atomic E-state index is 13.5. The van der Waals surface area contributed by atoms with Crippen molar-refractivity contribution in [2.45, 2.75) is 0 Å². The van der Waals surface area contributed by atoms with E-state index in [0.717, 1.165) is 12.1 Å². The number of methoxy groups -OCH3 is 2. The van der Waals surface area contributed by atoms with Gasteiger partial charge >= 0.3 is 5.97 Å². The Morgan fingerprint density at radius 1 is 1.04 bits per heavy atom. The minimum absolute atomic E-state index is 0.164. The molecule has 1 N–H and O–H groups in total. The highest BCUT2D eigenvalue weighted by Gasteiger charge is 2.13. The molecule has 0 aliphatic heterocycles. The summed E-state index contributed by atoms with van der Waals surface area (Å²) in [4.78, 5) is 23.3. The molecule has 132 valence electrons. The van der Waals surface area contributed by atoms with Crippen LogP contribution in [0.4, 0.5) is 14.5 Å². The third kappa shape index (κ3) is 4.66. The van der Waals surface area contributed by atoms with E-state index in [4.69, 9.17) is 9.47 Å². The number of rotatable bonds is 6. The standard InChI is InChI=1S/C17H15F2NO5/c1-23-15-7-10(17(22)24-2)3-6-14(15)25-9-16(21)20-13-5-4-11(18)8-12(13)19/h3-8H,9H2,1-2H3,(H,20,21). The lowest BCUT2D eigenvalue weighted by atomic mass is 10.2. The minimum Gasteiger partial charge on any atom is -0.493 e. The van der Waals surface area contributed by atoms with Crippen molar-refractivity contribution in [2.24, 2.45) is 0 Å². The number of anilines is 1. The summed E-state index contributed by atoms with van der Waals surface area (Å²) in [6, 6.07) is 7.07. The van der Waals surface area contributed by atoms with Gasteiger partial charge in [0, 0.05) is 6.07 Å². The number of amides is 1. The first kappa shape index (κ1) is 18.2. The van der Waals surface area contributed by atoms with Crippen molar-refractivity contribution in [1.29, 1.82) is 0 Å². The molecule has 0 aromatic heterocycles. The van der Waals surface area contributed by atoms with Crippen molar-refractivity contribution in [3.8, 4) is 11.5 Å². The van der Waals surface area contributed by atoms with Gasteiger partial charge in [0.05, 0.1) is 25.5 Å². The van der Waals surface area contributed by atoms with Crippen LogP contribution in [0.25, 0.3) is 0 Å². The zero-order valence-corrected chi connectivity index (χ0v) is 13.5. The van der Waals surface area contributed by atoms with E-state index >= 15 is 0 Å². The quantitative estimate of drug-likeness (QED) is 0.810. The summed E-state index contributed by atoms with van der Waals surface area (Å²) in [7, 11) is 2.62. The van der Waals surface area contributed by atoms with Crippen molar-refractivity contribution < 1.29 is 32.6 Å². The highest BCUT2D eigenvalue weighted by Crippen LogP contribution is 2.28. The molecule has 2 aromatic carbocycles. The van der Waals surface area contributed by atoms with Gasteiger partial charge in [0.2, 0.25) is 0 Å². The number of halogens is 2. The molecule has 0 saturated heterocycles. The Morgan fingerprint density at radius 2 is 1.80 bits per heavy atom. The van der Waals surface area contributed by atoms with Crippen LogP contribution in [0, 0.1) is 11.6 Å². The fraction of sp³-hybridized carbons (Fsp3) is 0.176. The van der Waals surface area contributed by atoms with E-state index in [-0.39, 0.29) is 22.7 Å². The first-order chi connectivity index (χ1) is 11.9. The van der Waals surface area contributed by atoms with Gasteiger partial charge in [-0.25, -0.2) is 13.6 Å². The van der Waals surface area contributed by atoms with Crippen LogP contribution < -0.4 is 14.8 Å². The molecule has 8 heteroatoms. The molecule has 0 aliphatic carbocycles. The summed E-state index contributed by atoms with van der Waals surface area (Å²) < 4.78 is 41.3. The SMILES string of the molecule is COC(=O)c1ccc(OCC(=O)Nc2ccc(F)cc2F)c(OC)c1. The van der Waals surface area contributed by atoms with E-state index in [1.807, 2.05) is 0 Å². The van der Waals surface area contributed by atoms with Gasteiger partial charge in [0.15, 0.2) is 18.1 Å². The summed E-state index contributed by atoms with van der Waals surface area (Å²) >= 11 is 0. The van der Waals surface area contributed by atoms with E-state index in [1.165, 1.54) is 32.4 Å². The smallest absolute Gasteiger partial charge is 0.337 e. The number of hydrogen-bond donors (Lipinski definition) is 1. The number of nitrogens with one attached hydrogen (secondary N) is 1. The molecule has 0 aliphatic rings. The second-order valence-corrected chi connectivity index (χ2v) is 4.82. The number of carbonyl (C=O) groups is 2. The van der Waals surface area contributed by atoms with Crippen LogP contribution in [0.1, 0.15) is 10.4 Å². The third-order valence-electron chi connectivity index (χ3n) is 3.15. The van der Waals surface area contributed by atoms with Gasteiger partial charge in [-0.2, -0.15) is 0 Å². The van der Waals surface area contributed by atoms with Crippen molar-refractivity contribution in [3.63, 3.8) is 0 Å². The first-order valence-electron chi connectivity index (χ1n) is 7.08. The van der Waals surface area contributed by atoms with Crippen LogP contribution in [-0.2, 0) is 9.53 Å². The van der Waals surface area contributed by atoms with E-state index < -0.39 is 30.1 Å². The maximum Gasteiger partial charge on any atom is 0.337 e. The molecular weight excluding hydrogens is 336 g/mol. The molecule has 0 radical (unpaired) electrons. The Balaban J connectivity index is 2.02. The average Bonchev–Trinajstić information content (AvgIpc) is 2.61. The zero-order valence-electron chi connectivity index (χ0n) is 13.5. The fourth-order valence-corrected chi connectivity index (χ4v) is 1.95. The Morgan fingerprint density at radius 3 is 2.44 bits per heavy atom. The van der Waals surface area contributed by atoms with Crippen molar-refractivity contribution in [1.82, 2.24) is 0 Å². The van der Waals surface area contributed by atoms with Crippen LogP contribution in [-0.4, -0.2) is 32.7 Å². The lowest BCUT2D eigenvalue weighted by Gasteiger charge is -2.12. The summed E-state index contributed by atoms with van der Waals surface area (Å²) in [6.45, 7) is -0.440. The van der Waals surface area contributed by atoms with Gasteiger partial charge in [-0.15, -0.1) is 0 Å². The van der Waals surface area contributed by atoms with Crippen molar-refractivity contribution in [3.05, 3.63) is 53.6 Å². The minimum atomic E-state index is -0.895. The topological polar surface area (TPSA) is 73.9 Å². The van der Waals surface area contributed by atoms with Crippen LogP contribution in [0.3, 0.4) is 0 Å². The van der Waals surface area contributed by atoms with Gasteiger partial charge in [-0.05, 0) is 30.3 Å². The van der Waals surface area contributed by atoms with Crippen LogP contribution in [0.5, 0.6) is 11.5 Å². The molecule has 0 spiro atoms. The molecule has 0 saturated carbocycles. The zero-order chi connectivity index (χ0) is 18.4. The molecule has 1 amide bonds. The van der Waals surface area contributed by atoms with Gasteiger partial charge < -0.3 is 19.5 Å². The van der Waals surface area contributed by atoms with Crippen LogP contribution in [0.2, 0.25) is 0 Å². The van der Waals surface area contributed by atoms with Crippen LogP contribution >= 0.6 is 0 Å². The fourth-order valence-electron chi connectivity index (χ4n) is 1.95. The molecule has 0 atom stereocenters. The van der Waals surface area contributed by atoms with Crippen molar-refractivity contribution in [2.75, 3.05) is 26.1 Å². The van der Waals surface area contributed by atoms with E-state index in [1.54, 1.807) is 0 Å². The molecule has 2 rings (SSSR count). The monoisotopic (exact) mass is 351 g/mol. The van der Waals surface area contributed by atoms with E-state index in [9.17, 15) is 18.4 Å². The Hall–Kier alpha value is -3.16. The lowest BCUT2D eigenvalue weighted by molar-refractivity contribution is -0.118. The number of hydrogen-bond acceptors (Lipinski definition) is 5. The Kier molecular flexibility index (Phi) is 5.89. The van der Waals surface area contributed by atoms with Gasteiger partial charge in [-0.1, -0.05) is 0 Å². The highest BCUT2D eigenvalue weighted by atomic mass is 19.1. The van der Waals surface area contributed by atoms with Gasteiger partial charge in [0.25, 0.3) is 5.91 Å². The molecule has 0 bridgehead atoms. The Bertz CT molecular complexity index is 795. The predicted octanol–water partition coefficient (Wildman–Crippen LogP) is 2.78. The molecule has 25 heavy (non-hydrogen) atoms. The molecule has 0 fully saturated rings. The van der Waals surface area contributed by atoms with Gasteiger partial charge in [0.1, 0.15) is 11.6 Å².